The fourth-order valence-corrected chi connectivity index (χ4v) is 3.65. The molecule has 0 atom stereocenters. The lowest BCUT2D eigenvalue weighted by molar-refractivity contribution is 0.178. The molecular weight excluding hydrogens is 273 g/mol. The maximum Gasteiger partial charge on any atom is 0.144 e. The van der Waals surface area contributed by atoms with Gasteiger partial charge in [-0.1, -0.05) is 43.0 Å². The van der Waals surface area contributed by atoms with Gasteiger partial charge < -0.3 is 5.32 Å². The second kappa shape index (κ2) is 6.03. The van der Waals surface area contributed by atoms with Gasteiger partial charge in [0.25, 0.3) is 0 Å². The lowest BCUT2D eigenvalue weighted by Gasteiger charge is -2.38. The predicted molar refractivity (Wildman–Crippen MR) is 81.7 cm³/mol. The molecule has 20 heavy (non-hydrogen) atoms. The molecule has 0 saturated heterocycles. The molecule has 1 N–H and O–H groups in total. The Labute approximate surface area is 125 Å². The molecule has 2 aliphatic rings. The van der Waals surface area contributed by atoms with E-state index in [2.05, 4.69) is 5.32 Å². The van der Waals surface area contributed by atoms with Crippen LogP contribution in [0.3, 0.4) is 0 Å². The Bertz CT molecular complexity index is 464. The van der Waals surface area contributed by atoms with Gasteiger partial charge in [-0.05, 0) is 49.1 Å². The number of hydrogen-bond acceptors (Lipinski definition) is 1. The summed E-state index contributed by atoms with van der Waals surface area (Å²) in [6.07, 6.45) is 9.71. The molecule has 110 valence electrons. The summed E-state index contributed by atoms with van der Waals surface area (Å²) in [6, 6.07) is 6.12. The predicted octanol–water partition coefficient (Wildman–Crippen LogP) is 4.72. The highest BCUT2D eigenvalue weighted by Gasteiger charge is 2.35. The van der Waals surface area contributed by atoms with E-state index in [0.29, 0.717) is 0 Å². The van der Waals surface area contributed by atoms with E-state index in [1.54, 1.807) is 6.07 Å². The summed E-state index contributed by atoms with van der Waals surface area (Å²) in [5.41, 5.74) is 1.02. The van der Waals surface area contributed by atoms with Crippen molar-refractivity contribution in [1.82, 2.24) is 5.32 Å². The minimum Gasteiger partial charge on any atom is -0.313 e. The second-order valence-electron chi connectivity index (χ2n) is 6.61. The van der Waals surface area contributed by atoms with Crippen LogP contribution in [0.4, 0.5) is 4.39 Å². The normalized spacial score (nSPS) is 21.9. The van der Waals surface area contributed by atoms with E-state index in [1.165, 1.54) is 44.9 Å². The number of rotatable bonds is 5. The number of nitrogens with one attached hydrogen (secondary N) is 1. The van der Waals surface area contributed by atoms with Gasteiger partial charge in [-0.15, -0.1) is 0 Å². The Morgan fingerprint density at radius 3 is 2.65 bits per heavy atom. The highest BCUT2D eigenvalue weighted by molar-refractivity contribution is 6.30. The topological polar surface area (TPSA) is 12.0 Å². The minimum absolute atomic E-state index is 0.217. The van der Waals surface area contributed by atoms with Crippen molar-refractivity contribution in [2.24, 2.45) is 5.41 Å². The van der Waals surface area contributed by atoms with Gasteiger partial charge >= 0.3 is 0 Å². The first-order valence-electron chi connectivity index (χ1n) is 7.85. The number of benzene rings is 1. The van der Waals surface area contributed by atoms with Crippen LogP contribution in [0.15, 0.2) is 18.2 Å². The fourth-order valence-electron chi connectivity index (χ4n) is 3.46. The van der Waals surface area contributed by atoms with Crippen molar-refractivity contribution in [3.63, 3.8) is 0 Å². The van der Waals surface area contributed by atoms with Gasteiger partial charge in [-0.2, -0.15) is 0 Å². The third-order valence-electron chi connectivity index (χ3n) is 4.85. The van der Waals surface area contributed by atoms with Gasteiger partial charge in [0.2, 0.25) is 0 Å². The zero-order valence-electron chi connectivity index (χ0n) is 11.9. The average Bonchev–Trinajstić information content (AvgIpc) is 3.27. The molecule has 0 bridgehead atoms. The molecular formula is C17H23ClFN. The van der Waals surface area contributed by atoms with Crippen LogP contribution in [-0.4, -0.2) is 12.6 Å². The molecule has 1 aromatic carbocycles. The van der Waals surface area contributed by atoms with Crippen molar-refractivity contribution in [2.75, 3.05) is 6.54 Å². The number of hydrogen-bond donors (Lipinski definition) is 1. The van der Waals surface area contributed by atoms with Crippen LogP contribution in [-0.2, 0) is 6.42 Å². The summed E-state index contributed by atoms with van der Waals surface area (Å²) >= 11 is 5.92. The van der Waals surface area contributed by atoms with Crippen LogP contribution in [0.2, 0.25) is 5.02 Å². The van der Waals surface area contributed by atoms with Crippen LogP contribution < -0.4 is 5.32 Å². The quantitative estimate of drug-likeness (QED) is 0.828. The Kier molecular flexibility index (Phi) is 4.32. The molecule has 2 saturated carbocycles. The highest BCUT2D eigenvalue weighted by atomic mass is 35.5. The van der Waals surface area contributed by atoms with Gasteiger partial charge in [-0.3, -0.25) is 0 Å². The molecule has 0 aromatic heterocycles. The minimum atomic E-state index is -0.217. The molecule has 0 aliphatic heterocycles. The van der Waals surface area contributed by atoms with E-state index in [9.17, 15) is 4.39 Å². The lowest BCUT2D eigenvalue weighted by atomic mass is 9.70. The summed E-state index contributed by atoms with van der Waals surface area (Å²) in [5.74, 6) is -0.217. The van der Waals surface area contributed by atoms with Crippen molar-refractivity contribution in [3.8, 4) is 0 Å². The van der Waals surface area contributed by atoms with Crippen LogP contribution in [0.25, 0.3) is 0 Å². The van der Waals surface area contributed by atoms with Gasteiger partial charge in [0, 0.05) is 12.6 Å². The molecule has 3 rings (SSSR count). The Hall–Kier alpha value is -0.600. The van der Waals surface area contributed by atoms with Gasteiger partial charge in [0.05, 0.1) is 5.02 Å². The van der Waals surface area contributed by atoms with Crippen LogP contribution >= 0.6 is 11.6 Å². The van der Waals surface area contributed by atoms with Crippen molar-refractivity contribution < 1.29 is 4.39 Å². The molecule has 0 unspecified atom stereocenters. The van der Waals surface area contributed by atoms with E-state index >= 15 is 0 Å². The Balaban J connectivity index is 1.75. The SMILES string of the molecule is Fc1c(Cl)cccc1CC1(CNC2CC2)CCCCC1. The molecule has 1 nitrogen and oxygen atoms in total. The molecule has 0 amide bonds. The van der Waals surface area contributed by atoms with Crippen LogP contribution in [0.5, 0.6) is 0 Å². The largest absolute Gasteiger partial charge is 0.313 e. The fraction of sp³-hybridized carbons (Fsp3) is 0.647. The average molecular weight is 296 g/mol. The van der Waals surface area contributed by atoms with Crippen molar-refractivity contribution in [3.05, 3.63) is 34.6 Å². The standard InChI is InChI=1S/C17H23ClFN/c18-15-6-4-5-13(16(15)19)11-17(9-2-1-3-10-17)12-20-14-7-8-14/h4-6,14,20H,1-3,7-12H2. The van der Waals surface area contributed by atoms with E-state index in [0.717, 1.165) is 24.6 Å². The maximum absolute atomic E-state index is 14.2. The molecule has 3 heteroatoms. The molecule has 0 radical (unpaired) electrons. The third-order valence-corrected chi connectivity index (χ3v) is 5.15. The zero-order valence-corrected chi connectivity index (χ0v) is 12.7. The van der Waals surface area contributed by atoms with Crippen LogP contribution in [0.1, 0.15) is 50.5 Å². The van der Waals surface area contributed by atoms with E-state index in [-0.39, 0.29) is 16.3 Å². The highest BCUT2D eigenvalue weighted by Crippen LogP contribution is 2.40. The van der Waals surface area contributed by atoms with Gasteiger partial charge in [0.15, 0.2) is 0 Å². The van der Waals surface area contributed by atoms with Crippen molar-refractivity contribution in [1.29, 1.82) is 0 Å². The number of halogens is 2. The summed E-state index contributed by atoms with van der Waals surface area (Å²) in [4.78, 5) is 0. The second-order valence-corrected chi connectivity index (χ2v) is 7.01. The van der Waals surface area contributed by atoms with Gasteiger partial charge in [0.1, 0.15) is 5.82 Å². The van der Waals surface area contributed by atoms with Crippen molar-refractivity contribution in [2.45, 2.75) is 57.4 Å². The lowest BCUT2D eigenvalue weighted by Crippen LogP contribution is -2.39. The molecule has 1 aromatic rings. The van der Waals surface area contributed by atoms with E-state index in [4.69, 9.17) is 11.6 Å². The maximum atomic E-state index is 14.2. The van der Waals surface area contributed by atoms with Crippen LogP contribution in [0, 0.1) is 11.2 Å². The molecule has 2 aliphatic carbocycles. The first kappa shape index (κ1) is 14.3. The molecule has 0 spiro atoms. The summed E-state index contributed by atoms with van der Waals surface area (Å²) in [6.45, 7) is 1.03. The molecule has 0 heterocycles. The molecule has 2 fully saturated rings. The Morgan fingerprint density at radius 1 is 1.20 bits per heavy atom. The monoisotopic (exact) mass is 295 g/mol. The third kappa shape index (κ3) is 3.35. The summed E-state index contributed by atoms with van der Waals surface area (Å²) in [5, 5.41) is 3.92. The van der Waals surface area contributed by atoms with E-state index in [1.807, 2.05) is 12.1 Å². The smallest absolute Gasteiger partial charge is 0.144 e. The van der Waals surface area contributed by atoms with Gasteiger partial charge in [-0.25, -0.2) is 4.39 Å². The summed E-state index contributed by atoms with van der Waals surface area (Å²) in [7, 11) is 0. The first-order chi connectivity index (χ1) is 9.69. The van der Waals surface area contributed by atoms with Crippen molar-refractivity contribution >= 4 is 11.6 Å². The first-order valence-corrected chi connectivity index (χ1v) is 8.23. The zero-order chi connectivity index (χ0) is 14.0. The van der Waals surface area contributed by atoms with E-state index < -0.39 is 0 Å². The summed E-state index contributed by atoms with van der Waals surface area (Å²) < 4.78 is 14.2. The Morgan fingerprint density at radius 2 is 1.95 bits per heavy atom.